The molecule has 122 valence electrons. The van der Waals surface area contributed by atoms with Crippen LogP contribution >= 0.6 is 0 Å². The molecule has 2 atom stereocenters. The molecule has 3 rings (SSSR count). The van der Waals surface area contributed by atoms with Crippen LogP contribution in [0.2, 0.25) is 0 Å². The van der Waals surface area contributed by atoms with Gasteiger partial charge in [-0.1, -0.05) is 0 Å². The van der Waals surface area contributed by atoms with Gasteiger partial charge in [0.2, 0.25) is 5.91 Å². The number of nitrogens with zero attached hydrogens (tertiary/aromatic N) is 2. The van der Waals surface area contributed by atoms with E-state index in [1.54, 1.807) is 25.3 Å². The van der Waals surface area contributed by atoms with E-state index in [-0.39, 0.29) is 17.9 Å². The summed E-state index contributed by atoms with van der Waals surface area (Å²) < 4.78 is 16.8. The Morgan fingerprint density at radius 1 is 1.55 bits per heavy atom. The normalized spacial score (nSPS) is 28.0. The lowest BCUT2D eigenvalue weighted by atomic mass is 9.82. The first-order valence-electron chi connectivity index (χ1n) is 7.69. The van der Waals surface area contributed by atoms with Gasteiger partial charge in [0.25, 0.3) is 0 Å². The molecule has 22 heavy (non-hydrogen) atoms. The first-order valence-corrected chi connectivity index (χ1v) is 7.69. The summed E-state index contributed by atoms with van der Waals surface area (Å²) in [7, 11) is 3.48. The summed E-state index contributed by atoms with van der Waals surface area (Å²) in [5.41, 5.74) is 0.0131. The zero-order chi connectivity index (χ0) is 15.6. The SMILES string of the molecule is CN(C)C(=O)COC[C@]12COC[C@H]1CN(Cc1ccco1)C2. The van der Waals surface area contributed by atoms with Crippen LogP contribution in [0.4, 0.5) is 0 Å². The second-order valence-electron chi connectivity index (χ2n) is 6.60. The maximum absolute atomic E-state index is 11.6. The fourth-order valence-electron chi connectivity index (χ4n) is 3.36. The van der Waals surface area contributed by atoms with Crippen LogP contribution in [0.5, 0.6) is 0 Å². The molecule has 0 N–H and O–H groups in total. The fraction of sp³-hybridized carbons (Fsp3) is 0.688. The molecule has 3 heterocycles. The van der Waals surface area contributed by atoms with Crippen molar-refractivity contribution in [3.8, 4) is 0 Å². The van der Waals surface area contributed by atoms with Gasteiger partial charge in [-0.15, -0.1) is 0 Å². The van der Waals surface area contributed by atoms with Gasteiger partial charge in [0.15, 0.2) is 0 Å². The molecule has 2 aliphatic rings. The maximum atomic E-state index is 11.6. The number of rotatable bonds is 6. The minimum Gasteiger partial charge on any atom is -0.468 e. The van der Waals surface area contributed by atoms with Gasteiger partial charge in [-0.05, 0) is 12.1 Å². The summed E-state index contributed by atoms with van der Waals surface area (Å²) in [6.45, 7) is 4.94. The van der Waals surface area contributed by atoms with Crippen LogP contribution in [-0.4, -0.2) is 69.3 Å². The molecule has 0 unspecified atom stereocenters. The number of ether oxygens (including phenoxy) is 2. The van der Waals surface area contributed by atoms with Crippen molar-refractivity contribution in [2.45, 2.75) is 6.54 Å². The minimum absolute atomic E-state index is 0.00250. The summed E-state index contributed by atoms with van der Waals surface area (Å²) in [4.78, 5) is 15.6. The summed E-state index contributed by atoms with van der Waals surface area (Å²) in [6, 6.07) is 3.92. The van der Waals surface area contributed by atoms with Crippen molar-refractivity contribution in [2.24, 2.45) is 11.3 Å². The van der Waals surface area contributed by atoms with Gasteiger partial charge in [-0.2, -0.15) is 0 Å². The highest BCUT2D eigenvalue weighted by molar-refractivity contribution is 5.76. The largest absolute Gasteiger partial charge is 0.468 e. The molecule has 1 amide bonds. The van der Waals surface area contributed by atoms with Crippen LogP contribution in [0.3, 0.4) is 0 Å². The molecule has 2 aliphatic heterocycles. The molecule has 6 heteroatoms. The summed E-state index contributed by atoms with van der Waals surface area (Å²) in [5.74, 6) is 1.45. The second-order valence-corrected chi connectivity index (χ2v) is 6.60. The highest BCUT2D eigenvalue weighted by Gasteiger charge is 2.50. The number of likely N-dealkylation sites (N-methyl/N-ethyl adjacent to an activating group) is 1. The molecular formula is C16H24N2O4. The van der Waals surface area contributed by atoms with Crippen molar-refractivity contribution >= 4 is 5.91 Å². The van der Waals surface area contributed by atoms with Gasteiger partial charge in [0.1, 0.15) is 12.4 Å². The Kier molecular flexibility index (Phi) is 4.52. The first-order chi connectivity index (χ1) is 10.6. The van der Waals surface area contributed by atoms with Crippen LogP contribution < -0.4 is 0 Å². The third-order valence-electron chi connectivity index (χ3n) is 4.67. The fourth-order valence-corrected chi connectivity index (χ4v) is 3.36. The summed E-state index contributed by atoms with van der Waals surface area (Å²) >= 11 is 0. The third-order valence-corrected chi connectivity index (χ3v) is 4.67. The van der Waals surface area contributed by atoms with E-state index in [2.05, 4.69) is 4.90 Å². The van der Waals surface area contributed by atoms with Crippen LogP contribution in [-0.2, 0) is 20.8 Å². The van der Waals surface area contributed by atoms with E-state index in [0.29, 0.717) is 19.1 Å². The molecule has 0 aromatic carbocycles. The predicted octanol–water partition coefficient (Wildman–Crippen LogP) is 0.833. The lowest BCUT2D eigenvalue weighted by Gasteiger charge is -2.27. The highest BCUT2D eigenvalue weighted by Crippen LogP contribution is 2.42. The number of hydrogen-bond acceptors (Lipinski definition) is 5. The number of likely N-dealkylation sites (tertiary alicyclic amines) is 1. The Balaban J connectivity index is 1.55. The lowest BCUT2D eigenvalue weighted by Crippen LogP contribution is -2.37. The van der Waals surface area contributed by atoms with Crippen molar-refractivity contribution in [2.75, 3.05) is 53.6 Å². The molecule has 6 nitrogen and oxygen atoms in total. The van der Waals surface area contributed by atoms with Crippen LogP contribution in [0, 0.1) is 11.3 Å². The van der Waals surface area contributed by atoms with E-state index in [1.165, 1.54) is 0 Å². The van der Waals surface area contributed by atoms with E-state index in [4.69, 9.17) is 13.9 Å². The Bertz CT molecular complexity index is 502. The van der Waals surface area contributed by atoms with Gasteiger partial charge in [0, 0.05) is 38.5 Å². The van der Waals surface area contributed by atoms with Crippen molar-refractivity contribution in [1.29, 1.82) is 0 Å². The van der Waals surface area contributed by atoms with Crippen molar-refractivity contribution in [3.63, 3.8) is 0 Å². The van der Waals surface area contributed by atoms with E-state index in [0.717, 1.165) is 32.0 Å². The minimum atomic E-state index is -0.00250. The Morgan fingerprint density at radius 2 is 2.41 bits per heavy atom. The van der Waals surface area contributed by atoms with Gasteiger partial charge in [0.05, 0.1) is 32.6 Å². The number of fused-ring (bicyclic) bond motifs is 1. The molecule has 0 saturated carbocycles. The molecule has 0 bridgehead atoms. The molecule has 0 spiro atoms. The van der Waals surface area contributed by atoms with Crippen molar-refractivity contribution < 1.29 is 18.7 Å². The van der Waals surface area contributed by atoms with Crippen LogP contribution in [0.25, 0.3) is 0 Å². The summed E-state index contributed by atoms with van der Waals surface area (Å²) in [5, 5.41) is 0. The number of furan rings is 1. The molecule has 0 aliphatic carbocycles. The quantitative estimate of drug-likeness (QED) is 0.779. The highest BCUT2D eigenvalue weighted by atomic mass is 16.5. The van der Waals surface area contributed by atoms with E-state index in [1.807, 2.05) is 12.1 Å². The van der Waals surface area contributed by atoms with Gasteiger partial charge in [-0.3, -0.25) is 9.69 Å². The van der Waals surface area contributed by atoms with E-state index < -0.39 is 0 Å². The standard InChI is InChI=1S/C16H24N2O4/c1-17(2)15(19)9-21-12-16-10-18(6-13(16)8-20-11-16)7-14-4-3-5-22-14/h3-5,13H,6-12H2,1-2H3/t13-,16+/m1/s1. The second kappa shape index (κ2) is 6.40. The van der Waals surface area contributed by atoms with Gasteiger partial charge >= 0.3 is 0 Å². The molecule has 0 radical (unpaired) electrons. The van der Waals surface area contributed by atoms with Crippen molar-refractivity contribution in [3.05, 3.63) is 24.2 Å². The molecule has 1 aromatic heterocycles. The van der Waals surface area contributed by atoms with E-state index in [9.17, 15) is 4.79 Å². The smallest absolute Gasteiger partial charge is 0.248 e. The Morgan fingerprint density at radius 3 is 3.14 bits per heavy atom. The number of amides is 1. The van der Waals surface area contributed by atoms with Crippen LogP contribution in [0.1, 0.15) is 5.76 Å². The summed E-state index contributed by atoms with van der Waals surface area (Å²) in [6.07, 6.45) is 1.71. The topological polar surface area (TPSA) is 55.2 Å². The van der Waals surface area contributed by atoms with E-state index >= 15 is 0 Å². The monoisotopic (exact) mass is 308 g/mol. The Hall–Kier alpha value is -1.37. The zero-order valence-corrected chi connectivity index (χ0v) is 13.3. The average Bonchev–Trinajstić information content (AvgIpc) is 3.15. The van der Waals surface area contributed by atoms with Gasteiger partial charge < -0.3 is 18.8 Å². The predicted molar refractivity (Wildman–Crippen MR) is 80.2 cm³/mol. The molecule has 2 saturated heterocycles. The number of carbonyl (C=O) groups is 1. The van der Waals surface area contributed by atoms with Crippen molar-refractivity contribution in [1.82, 2.24) is 9.80 Å². The van der Waals surface area contributed by atoms with Crippen LogP contribution in [0.15, 0.2) is 22.8 Å². The zero-order valence-electron chi connectivity index (χ0n) is 13.3. The molecule has 1 aromatic rings. The molecular weight excluding hydrogens is 284 g/mol. The number of hydrogen-bond donors (Lipinski definition) is 0. The average molecular weight is 308 g/mol. The lowest BCUT2D eigenvalue weighted by molar-refractivity contribution is -0.135. The van der Waals surface area contributed by atoms with Gasteiger partial charge in [-0.25, -0.2) is 0 Å². The first kappa shape index (κ1) is 15.5. The molecule has 2 fully saturated rings. The Labute approximate surface area is 131 Å². The number of carbonyl (C=O) groups excluding carboxylic acids is 1. The maximum Gasteiger partial charge on any atom is 0.248 e. The third kappa shape index (κ3) is 3.19.